The van der Waals surface area contributed by atoms with E-state index in [1.807, 2.05) is 37.3 Å². The summed E-state index contributed by atoms with van der Waals surface area (Å²) in [5.74, 6) is -0.499. The van der Waals surface area contributed by atoms with E-state index in [1.54, 1.807) is 0 Å². The second-order valence-electron chi connectivity index (χ2n) is 5.20. The number of benzene rings is 1. The molecule has 0 aliphatic carbocycles. The molecule has 0 aliphatic rings. The van der Waals surface area contributed by atoms with Crippen molar-refractivity contribution < 1.29 is 4.79 Å². The van der Waals surface area contributed by atoms with Crippen molar-refractivity contribution in [3.63, 3.8) is 0 Å². The number of rotatable bonds is 8. The van der Waals surface area contributed by atoms with Crippen molar-refractivity contribution in [2.45, 2.75) is 45.6 Å². The molecule has 3 nitrogen and oxygen atoms in total. The molecule has 0 bridgehead atoms. The summed E-state index contributed by atoms with van der Waals surface area (Å²) in [5.41, 5.74) is 6.80. The standard InChI is InChI=1S/C16H24N2OS/c1-3-4-8-12(2)18-16(19)14(15(17)20)11-13-9-6-5-7-10-13/h5-7,9-10,12,14H,3-4,8,11H2,1-2H3,(H2,17,20)(H,18,19). The average Bonchev–Trinajstić information content (AvgIpc) is 2.43. The molecule has 2 atom stereocenters. The molecule has 3 N–H and O–H groups in total. The van der Waals surface area contributed by atoms with Crippen LogP contribution in [0.3, 0.4) is 0 Å². The summed E-state index contributed by atoms with van der Waals surface area (Å²) in [5, 5.41) is 3.01. The van der Waals surface area contributed by atoms with E-state index in [1.165, 1.54) is 0 Å². The smallest absolute Gasteiger partial charge is 0.230 e. The third-order valence-corrected chi connectivity index (χ3v) is 3.61. The van der Waals surface area contributed by atoms with E-state index in [0.29, 0.717) is 6.42 Å². The zero-order valence-electron chi connectivity index (χ0n) is 12.3. The summed E-state index contributed by atoms with van der Waals surface area (Å²) in [6, 6.07) is 9.99. The molecule has 0 spiro atoms. The molecular formula is C16H24N2OS. The first kappa shape index (κ1) is 16.6. The number of carbonyl (C=O) groups is 1. The van der Waals surface area contributed by atoms with Gasteiger partial charge < -0.3 is 11.1 Å². The summed E-state index contributed by atoms with van der Waals surface area (Å²) in [6.45, 7) is 4.16. The van der Waals surface area contributed by atoms with Crippen molar-refractivity contribution in [2.75, 3.05) is 0 Å². The van der Waals surface area contributed by atoms with Gasteiger partial charge in [-0.25, -0.2) is 0 Å². The van der Waals surface area contributed by atoms with Crippen molar-refractivity contribution in [3.8, 4) is 0 Å². The molecule has 1 amide bonds. The third-order valence-electron chi connectivity index (χ3n) is 3.32. The number of amides is 1. The molecule has 4 heteroatoms. The predicted octanol–water partition coefficient (Wildman–Crippen LogP) is 2.83. The summed E-state index contributed by atoms with van der Waals surface area (Å²) < 4.78 is 0. The number of unbranched alkanes of at least 4 members (excludes halogenated alkanes) is 1. The zero-order chi connectivity index (χ0) is 15.0. The Morgan fingerprint density at radius 1 is 1.35 bits per heavy atom. The van der Waals surface area contributed by atoms with Crippen molar-refractivity contribution >= 4 is 23.1 Å². The van der Waals surface area contributed by atoms with Crippen LogP contribution in [0.15, 0.2) is 30.3 Å². The van der Waals surface area contributed by atoms with Crippen molar-refractivity contribution in [2.24, 2.45) is 11.7 Å². The molecule has 0 radical (unpaired) electrons. The maximum absolute atomic E-state index is 12.3. The third kappa shape index (κ3) is 5.70. The fraction of sp³-hybridized carbons (Fsp3) is 0.500. The molecule has 0 aliphatic heterocycles. The second-order valence-corrected chi connectivity index (χ2v) is 5.67. The van der Waals surface area contributed by atoms with E-state index in [-0.39, 0.29) is 16.9 Å². The molecule has 2 unspecified atom stereocenters. The lowest BCUT2D eigenvalue weighted by atomic mass is 9.98. The fourth-order valence-electron chi connectivity index (χ4n) is 2.10. The summed E-state index contributed by atoms with van der Waals surface area (Å²) >= 11 is 5.05. The first-order valence-corrected chi connectivity index (χ1v) is 7.59. The maximum atomic E-state index is 12.3. The van der Waals surface area contributed by atoms with Crippen LogP contribution in [-0.4, -0.2) is 16.9 Å². The van der Waals surface area contributed by atoms with Crippen LogP contribution in [0.1, 0.15) is 38.7 Å². The molecule has 20 heavy (non-hydrogen) atoms. The van der Waals surface area contributed by atoms with Gasteiger partial charge in [0, 0.05) is 6.04 Å². The van der Waals surface area contributed by atoms with Crippen molar-refractivity contribution in [1.82, 2.24) is 5.32 Å². The normalized spacial score (nSPS) is 13.5. The van der Waals surface area contributed by atoms with Gasteiger partial charge in [0.15, 0.2) is 0 Å². The van der Waals surface area contributed by atoms with Crippen LogP contribution < -0.4 is 11.1 Å². The van der Waals surface area contributed by atoms with E-state index >= 15 is 0 Å². The zero-order valence-corrected chi connectivity index (χ0v) is 13.1. The van der Waals surface area contributed by atoms with Gasteiger partial charge in [0.25, 0.3) is 0 Å². The van der Waals surface area contributed by atoms with Gasteiger partial charge in [-0.1, -0.05) is 62.3 Å². The average molecular weight is 292 g/mol. The van der Waals surface area contributed by atoms with Crippen molar-refractivity contribution in [1.29, 1.82) is 0 Å². The topological polar surface area (TPSA) is 55.1 Å². The number of hydrogen-bond donors (Lipinski definition) is 2. The molecule has 0 saturated heterocycles. The fourth-order valence-corrected chi connectivity index (χ4v) is 2.29. The van der Waals surface area contributed by atoms with Crippen LogP contribution in [0.5, 0.6) is 0 Å². The predicted molar refractivity (Wildman–Crippen MR) is 87.6 cm³/mol. The quantitative estimate of drug-likeness (QED) is 0.724. The molecule has 0 saturated carbocycles. The molecule has 0 aromatic heterocycles. The molecule has 1 aromatic rings. The highest BCUT2D eigenvalue weighted by Gasteiger charge is 2.22. The van der Waals surface area contributed by atoms with Crippen LogP contribution in [0, 0.1) is 5.92 Å². The SMILES string of the molecule is CCCCC(C)NC(=O)C(Cc1ccccc1)C(N)=S. The van der Waals surface area contributed by atoms with E-state index in [0.717, 1.165) is 24.8 Å². The number of nitrogens with one attached hydrogen (secondary N) is 1. The Bertz CT molecular complexity index is 433. The number of hydrogen-bond acceptors (Lipinski definition) is 2. The van der Waals surface area contributed by atoms with E-state index in [9.17, 15) is 4.79 Å². The van der Waals surface area contributed by atoms with E-state index < -0.39 is 5.92 Å². The monoisotopic (exact) mass is 292 g/mol. The first-order chi connectivity index (χ1) is 9.54. The van der Waals surface area contributed by atoms with Crippen LogP contribution >= 0.6 is 12.2 Å². The molecule has 1 rings (SSSR count). The largest absolute Gasteiger partial charge is 0.393 e. The second kappa shape index (κ2) is 8.69. The maximum Gasteiger partial charge on any atom is 0.230 e. The Balaban J connectivity index is 2.62. The summed E-state index contributed by atoms with van der Waals surface area (Å²) in [4.78, 5) is 12.5. The lowest BCUT2D eigenvalue weighted by Crippen LogP contribution is -2.42. The first-order valence-electron chi connectivity index (χ1n) is 7.18. The van der Waals surface area contributed by atoms with Gasteiger partial charge in [0.2, 0.25) is 5.91 Å². The van der Waals surface area contributed by atoms with Gasteiger partial charge in [0.05, 0.1) is 10.9 Å². The molecular weight excluding hydrogens is 268 g/mol. The molecule has 0 fully saturated rings. The Hall–Kier alpha value is -1.42. The summed E-state index contributed by atoms with van der Waals surface area (Å²) in [7, 11) is 0. The molecule has 110 valence electrons. The number of nitrogens with two attached hydrogens (primary N) is 1. The van der Waals surface area contributed by atoms with Gasteiger partial charge in [-0.15, -0.1) is 0 Å². The minimum atomic E-state index is -0.434. The van der Waals surface area contributed by atoms with Gasteiger partial charge in [-0.3, -0.25) is 4.79 Å². The van der Waals surface area contributed by atoms with Crippen molar-refractivity contribution in [3.05, 3.63) is 35.9 Å². The van der Waals surface area contributed by atoms with Gasteiger partial charge in [-0.05, 0) is 25.3 Å². The highest BCUT2D eigenvalue weighted by atomic mass is 32.1. The summed E-state index contributed by atoms with van der Waals surface area (Å²) in [6.07, 6.45) is 3.78. The van der Waals surface area contributed by atoms with Gasteiger partial charge in [0.1, 0.15) is 0 Å². The Labute approximate surface area is 126 Å². The Kier molecular flexibility index (Phi) is 7.23. The highest BCUT2D eigenvalue weighted by molar-refractivity contribution is 7.80. The number of carbonyl (C=O) groups excluding carboxylic acids is 1. The van der Waals surface area contributed by atoms with Crippen LogP contribution in [-0.2, 0) is 11.2 Å². The van der Waals surface area contributed by atoms with E-state index in [4.69, 9.17) is 18.0 Å². The lowest BCUT2D eigenvalue weighted by Gasteiger charge is -2.19. The van der Waals surface area contributed by atoms with Gasteiger partial charge in [-0.2, -0.15) is 0 Å². The minimum Gasteiger partial charge on any atom is -0.393 e. The van der Waals surface area contributed by atoms with Crippen LogP contribution in [0.25, 0.3) is 0 Å². The highest BCUT2D eigenvalue weighted by Crippen LogP contribution is 2.11. The Morgan fingerprint density at radius 2 is 2.00 bits per heavy atom. The lowest BCUT2D eigenvalue weighted by molar-refractivity contribution is -0.123. The Morgan fingerprint density at radius 3 is 2.55 bits per heavy atom. The van der Waals surface area contributed by atoms with E-state index in [2.05, 4.69) is 12.2 Å². The van der Waals surface area contributed by atoms with Crippen LogP contribution in [0.4, 0.5) is 0 Å². The molecule has 0 heterocycles. The minimum absolute atomic E-state index is 0.0649. The van der Waals surface area contributed by atoms with Crippen LogP contribution in [0.2, 0.25) is 0 Å². The number of thiocarbonyl (C=S) groups is 1. The van der Waals surface area contributed by atoms with Gasteiger partial charge >= 0.3 is 0 Å². The molecule has 1 aromatic carbocycles.